The molecule has 0 saturated carbocycles. The molecule has 9 heteroatoms. The van der Waals surface area contributed by atoms with Crippen molar-refractivity contribution in [3.63, 3.8) is 0 Å². The predicted octanol–water partition coefficient (Wildman–Crippen LogP) is 5.22. The van der Waals surface area contributed by atoms with Crippen molar-refractivity contribution >= 4 is 39.0 Å². The number of rotatable bonds is 6. The zero-order chi connectivity index (χ0) is 22.0. The molecule has 0 spiro atoms. The van der Waals surface area contributed by atoms with Crippen LogP contribution in [0.5, 0.6) is 5.75 Å². The van der Waals surface area contributed by atoms with Crippen LogP contribution in [0.2, 0.25) is 5.02 Å². The van der Waals surface area contributed by atoms with Crippen molar-refractivity contribution in [3.8, 4) is 11.8 Å². The number of benzene rings is 1. The van der Waals surface area contributed by atoms with Gasteiger partial charge < -0.3 is 15.0 Å². The average Bonchev–Trinajstić information content (AvgIpc) is 3.22. The third-order valence-corrected chi connectivity index (χ3v) is 5.88. The first-order valence-electron chi connectivity index (χ1n) is 9.51. The van der Waals surface area contributed by atoms with Crippen LogP contribution in [0.1, 0.15) is 42.1 Å². The van der Waals surface area contributed by atoms with Gasteiger partial charge in [-0.15, -0.1) is 0 Å². The number of hydrogen-bond donors (Lipinski definition) is 2. The Kier molecular flexibility index (Phi) is 5.89. The molecule has 0 saturated heterocycles. The smallest absolute Gasteiger partial charge is 0.253 e. The zero-order valence-electron chi connectivity index (χ0n) is 16.7. The minimum absolute atomic E-state index is 0.226. The van der Waals surface area contributed by atoms with Gasteiger partial charge in [-0.1, -0.05) is 29.0 Å². The Hall–Kier alpha value is -3.41. The molecule has 0 fully saturated rings. The second-order valence-corrected chi connectivity index (χ2v) is 8.38. The maximum absolute atomic E-state index is 12.7. The number of hydrogen-bond acceptors (Lipinski definition) is 7. The SMILES string of the molecule is C[C@H](Nc1ncc(C#N)s1)c1cc2cc(Cl)c(O[C@H](C)c3ccccn3)cc2[nH]c1=O. The van der Waals surface area contributed by atoms with Gasteiger partial charge in [-0.25, -0.2) is 4.98 Å². The Balaban J connectivity index is 1.61. The minimum atomic E-state index is -0.315. The number of halogens is 1. The fourth-order valence-electron chi connectivity index (χ4n) is 3.16. The van der Waals surface area contributed by atoms with Gasteiger partial charge in [-0.3, -0.25) is 9.78 Å². The van der Waals surface area contributed by atoms with Gasteiger partial charge in [0, 0.05) is 23.2 Å². The van der Waals surface area contributed by atoms with Crippen molar-refractivity contribution in [3.05, 3.63) is 80.3 Å². The summed E-state index contributed by atoms with van der Waals surface area (Å²) in [6, 6.07) is 12.6. The summed E-state index contributed by atoms with van der Waals surface area (Å²) in [5.41, 5.74) is 1.71. The number of nitrogens with one attached hydrogen (secondary N) is 2. The topological polar surface area (TPSA) is 104 Å². The van der Waals surface area contributed by atoms with Crippen LogP contribution < -0.4 is 15.6 Å². The number of ether oxygens (including phenoxy) is 1. The minimum Gasteiger partial charge on any atom is -0.483 e. The van der Waals surface area contributed by atoms with E-state index < -0.39 is 0 Å². The molecule has 0 bridgehead atoms. The Morgan fingerprint density at radius 3 is 2.81 bits per heavy atom. The predicted molar refractivity (Wildman–Crippen MR) is 122 cm³/mol. The number of pyridine rings is 2. The number of aromatic amines is 1. The number of thiazole rings is 1. The molecule has 0 amide bonds. The molecule has 1 aromatic carbocycles. The van der Waals surface area contributed by atoms with E-state index in [1.54, 1.807) is 24.4 Å². The molecule has 0 unspecified atom stereocenters. The summed E-state index contributed by atoms with van der Waals surface area (Å²) in [4.78, 5) is 24.6. The van der Waals surface area contributed by atoms with Crippen LogP contribution in [-0.4, -0.2) is 15.0 Å². The van der Waals surface area contributed by atoms with Gasteiger partial charge in [0.1, 0.15) is 22.8 Å². The number of anilines is 1. The van der Waals surface area contributed by atoms with Crippen LogP contribution >= 0.6 is 22.9 Å². The van der Waals surface area contributed by atoms with Crippen molar-refractivity contribution in [1.29, 1.82) is 5.26 Å². The molecule has 2 N–H and O–H groups in total. The molecule has 4 aromatic rings. The van der Waals surface area contributed by atoms with Gasteiger partial charge in [0.05, 0.1) is 28.5 Å². The van der Waals surface area contributed by atoms with E-state index in [9.17, 15) is 4.79 Å². The van der Waals surface area contributed by atoms with Gasteiger partial charge >= 0.3 is 0 Å². The van der Waals surface area contributed by atoms with Crippen molar-refractivity contribution in [2.75, 3.05) is 5.32 Å². The summed E-state index contributed by atoms with van der Waals surface area (Å²) in [5.74, 6) is 0.466. The standard InChI is InChI=1S/C22H18ClN5O2S/c1-12(27-22-26-11-15(10-24)31-22)16-7-14-8-17(23)20(9-19(14)28-21(16)29)30-13(2)18-5-3-4-6-25-18/h3-9,11-13H,1-2H3,(H,26,27)(H,28,29)/t12-,13+/m0/s1. The lowest BCUT2D eigenvalue weighted by atomic mass is 10.1. The molecule has 3 heterocycles. The molecule has 3 aromatic heterocycles. The fourth-order valence-corrected chi connectivity index (χ4v) is 4.08. The van der Waals surface area contributed by atoms with Gasteiger partial charge in [0.25, 0.3) is 5.56 Å². The summed E-state index contributed by atoms with van der Waals surface area (Å²) < 4.78 is 5.99. The van der Waals surface area contributed by atoms with Crippen LogP contribution in [0.4, 0.5) is 5.13 Å². The molecular weight excluding hydrogens is 434 g/mol. The van der Waals surface area contributed by atoms with E-state index >= 15 is 0 Å². The van der Waals surface area contributed by atoms with Crippen LogP contribution in [-0.2, 0) is 0 Å². The van der Waals surface area contributed by atoms with E-state index in [1.807, 2.05) is 38.1 Å². The highest BCUT2D eigenvalue weighted by molar-refractivity contribution is 7.16. The first-order chi connectivity index (χ1) is 14.9. The normalized spacial score (nSPS) is 12.8. The highest BCUT2D eigenvalue weighted by Crippen LogP contribution is 2.33. The third kappa shape index (κ3) is 4.53. The summed E-state index contributed by atoms with van der Waals surface area (Å²) in [7, 11) is 0. The molecule has 156 valence electrons. The van der Waals surface area contributed by atoms with Crippen molar-refractivity contribution < 1.29 is 4.74 Å². The van der Waals surface area contributed by atoms with Crippen molar-refractivity contribution in [2.45, 2.75) is 26.0 Å². The number of nitriles is 1. The maximum atomic E-state index is 12.7. The largest absolute Gasteiger partial charge is 0.483 e. The number of fused-ring (bicyclic) bond motifs is 1. The van der Waals surface area contributed by atoms with Gasteiger partial charge in [0.15, 0.2) is 5.13 Å². The second-order valence-electron chi connectivity index (χ2n) is 6.95. The third-order valence-electron chi connectivity index (χ3n) is 4.76. The van der Waals surface area contributed by atoms with Crippen LogP contribution in [0.25, 0.3) is 10.9 Å². The summed E-state index contributed by atoms with van der Waals surface area (Å²) in [6.45, 7) is 3.75. The molecule has 0 aliphatic carbocycles. The van der Waals surface area contributed by atoms with Crippen LogP contribution in [0, 0.1) is 11.3 Å². The lowest BCUT2D eigenvalue weighted by molar-refractivity contribution is 0.222. The molecule has 31 heavy (non-hydrogen) atoms. The molecule has 4 rings (SSSR count). The lowest BCUT2D eigenvalue weighted by Gasteiger charge is -2.17. The highest BCUT2D eigenvalue weighted by atomic mass is 35.5. The summed E-state index contributed by atoms with van der Waals surface area (Å²) in [6.07, 6.45) is 2.90. The average molecular weight is 452 g/mol. The maximum Gasteiger partial charge on any atom is 0.253 e. The van der Waals surface area contributed by atoms with Gasteiger partial charge in [-0.2, -0.15) is 5.26 Å². The molecule has 0 radical (unpaired) electrons. The first-order valence-corrected chi connectivity index (χ1v) is 10.7. The quantitative estimate of drug-likeness (QED) is 0.416. The Morgan fingerprint density at radius 2 is 2.10 bits per heavy atom. The second kappa shape index (κ2) is 8.76. The van der Waals surface area contributed by atoms with Crippen molar-refractivity contribution in [2.24, 2.45) is 0 Å². The Labute approximate surface area is 187 Å². The van der Waals surface area contributed by atoms with E-state index in [1.165, 1.54) is 17.5 Å². The number of nitrogens with zero attached hydrogens (tertiary/aromatic N) is 3. The van der Waals surface area contributed by atoms with Crippen LogP contribution in [0.15, 0.2) is 53.6 Å². The first kappa shape index (κ1) is 20.8. The summed E-state index contributed by atoms with van der Waals surface area (Å²) in [5, 5.41) is 13.9. The van der Waals surface area contributed by atoms with E-state index in [4.69, 9.17) is 21.6 Å². The monoisotopic (exact) mass is 451 g/mol. The molecule has 7 nitrogen and oxygen atoms in total. The highest BCUT2D eigenvalue weighted by Gasteiger charge is 2.16. The molecule has 0 aliphatic rings. The van der Waals surface area contributed by atoms with E-state index in [2.05, 4.69) is 20.3 Å². The van der Waals surface area contributed by atoms with Gasteiger partial charge in [0.2, 0.25) is 0 Å². The Morgan fingerprint density at radius 1 is 1.26 bits per heavy atom. The van der Waals surface area contributed by atoms with Crippen molar-refractivity contribution in [1.82, 2.24) is 15.0 Å². The molecule has 2 atom stereocenters. The molecular formula is C22H18ClN5O2S. The zero-order valence-corrected chi connectivity index (χ0v) is 18.3. The fraction of sp³-hybridized carbons (Fsp3) is 0.182. The summed E-state index contributed by atoms with van der Waals surface area (Å²) >= 11 is 7.70. The number of aromatic nitrogens is 3. The van der Waals surface area contributed by atoms with E-state index in [-0.39, 0.29) is 17.7 Å². The Bertz CT molecular complexity index is 1330. The lowest BCUT2D eigenvalue weighted by Crippen LogP contribution is -2.19. The van der Waals surface area contributed by atoms with Gasteiger partial charge in [-0.05, 0) is 38.1 Å². The van der Waals surface area contributed by atoms with Crippen LogP contribution in [0.3, 0.4) is 0 Å². The van der Waals surface area contributed by atoms with E-state index in [0.29, 0.717) is 31.9 Å². The van der Waals surface area contributed by atoms with E-state index in [0.717, 1.165) is 11.1 Å². The number of H-pyrrole nitrogens is 1. The molecule has 0 aliphatic heterocycles.